The van der Waals surface area contributed by atoms with Crippen LogP contribution in [0.25, 0.3) is 0 Å². The predicted molar refractivity (Wildman–Crippen MR) is 97.6 cm³/mol. The Balaban J connectivity index is 1.40. The molecule has 7 heteroatoms. The molecule has 2 aromatic rings. The molecule has 1 saturated carbocycles. The van der Waals surface area contributed by atoms with Gasteiger partial charge >= 0.3 is 6.09 Å². The number of likely N-dealkylation sites (tertiary alicyclic amines) is 1. The summed E-state index contributed by atoms with van der Waals surface area (Å²) in [4.78, 5) is 25.6. The molecule has 0 bridgehead atoms. The molecule has 2 aliphatic rings. The van der Waals surface area contributed by atoms with Crippen molar-refractivity contribution in [2.75, 3.05) is 6.54 Å². The van der Waals surface area contributed by atoms with Gasteiger partial charge in [0.15, 0.2) is 5.69 Å². The second-order valence-corrected chi connectivity index (χ2v) is 7.40. The lowest BCUT2D eigenvalue weighted by atomic mass is 9.92. The van der Waals surface area contributed by atoms with Crippen LogP contribution in [-0.4, -0.2) is 45.8 Å². The van der Waals surface area contributed by atoms with Crippen LogP contribution < -0.4 is 5.32 Å². The molecule has 27 heavy (non-hydrogen) atoms. The third-order valence-electron chi connectivity index (χ3n) is 5.35. The molecular weight excluding hydrogens is 346 g/mol. The Morgan fingerprint density at radius 1 is 1.22 bits per heavy atom. The first-order chi connectivity index (χ1) is 13.1. The van der Waals surface area contributed by atoms with Crippen LogP contribution in [-0.2, 0) is 6.42 Å². The van der Waals surface area contributed by atoms with Crippen molar-refractivity contribution in [2.45, 2.75) is 50.1 Å². The zero-order valence-corrected chi connectivity index (χ0v) is 15.0. The van der Waals surface area contributed by atoms with Crippen molar-refractivity contribution in [1.29, 1.82) is 0 Å². The molecule has 7 nitrogen and oxygen atoms in total. The first kappa shape index (κ1) is 17.6. The highest BCUT2D eigenvalue weighted by Crippen LogP contribution is 2.40. The van der Waals surface area contributed by atoms with Crippen LogP contribution in [0.3, 0.4) is 0 Å². The van der Waals surface area contributed by atoms with E-state index in [0.717, 1.165) is 24.2 Å². The smallest absolute Gasteiger partial charge is 0.407 e. The number of hydrogen-bond donors (Lipinski definition) is 2. The zero-order valence-electron chi connectivity index (χ0n) is 15.0. The molecule has 1 aromatic carbocycles. The number of amides is 2. The third kappa shape index (κ3) is 4.13. The van der Waals surface area contributed by atoms with Crippen LogP contribution in [0.4, 0.5) is 4.79 Å². The molecule has 1 aliphatic carbocycles. The van der Waals surface area contributed by atoms with Gasteiger partial charge in [-0.15, -0.1) is 0 Å². The van der Waals surface area contributed by atoms with Gasteiger partial charge in [-0.2, -0.15) is 0 Å². The fourth-order valence-corrected chi connectivity index (χ4v) is 3.73. The fourth-order valence-electron chi connectivity index (χ4n) is 3.73. The highest BCUT2D eigenvalue weighted by molar-refractivity contribution is 5.92. The number of hydrogen-bond acceptors (Lipinski definition) is 4. The van der Waals surface area contributed by atoms with E-state index >= 15 is 0 Å². The maximum absolute atomic E-state index is 12.5. The van der Waals surface area contributed by atoms with Crippen molar-refractivity contribution in [3.8, 4) is 0 Å². The Labute approximate surface area is 157 Å². The molecule has 1 aliphatic heterocycles. The molecule has 0 unspecified atom stereocenters. The monoisotopic (exact) mass is 369 g/mol. The number of carbonyl (C=O) groups excluding carboxylic acids is 1. The van der Waals surface area contributed by atoms with Crippen LogP contribution in [0, 0.1) is 0 Å². The second-order valence-electron chi connectivity index (χ2n) is 7.40. The van der Waals surface area contributed by atoms with Gasteiger partial charge in [-0.05, 0) is 37.7 Å². The molecule has 2 fully saturated rings. The number of carbonyl (C=O) groups is 2. The van der Waals surface area contributed by atoms with Gasteiger partial charge in [-0.3, -0.25) is 4.79 Å². The predicted octanol–water partition coefficient (Wildman–Crippen LogP) is 3.04. The maximum atomic E-state index is 12.5. The Morgan fingerprint density at radius 2 is 2.00 bits per heavy atom. The highest BCUT2D eigenvalue weighted by atomic mass is 16.5. The van der Waals surface area contributed by atoms with E-state index in [4.69, 9.17) is 4.52 Å². The van der Waals surface area contributed by atoms with Crippen molar-refractivity contribution < 1.29 is 19.2 Å². The molecule has 0 radical (unpaired) electrons. The molecule has 4 rings (SSSR count). The molecule has 2 amide bonds. The number of nitrogens with zero attached hydrogens (tertiary/aromatic N) is 2. The molecule has 1 aromatic heterocycles. The van der Waals surface area contributed by atoms with Gasteiger partial charge in [0.1, 0.15) is 5.76 Å². The Hall–Kier alpha value is -2.83. The summed E-state index contributed by atoms with van der Waals surface area (Å²) in [5, 5.41) is 16.4. The second kappa shape index (κ2) is 7.42. The molecule has 2 atom stereocenters. The molecular formula is C20H23N3O4. The molecule has 1 saturated heterocycles. The van der Waals surface area contributed by atoms with Gasteiger partial charge in [0.2, 0.25) is 0 Å². The topological polar surface area (TPSA) is 95.7 Å². The Kier molecular flexibility index (Phi) is 4.83. The van der Waals surface area contributed by atoms with Crippen LogP contribution in [0.2, 0.25) is 0 Å². The number of rotatable bonds is 5. The summed E-state index contributed by atoms with van der Waals surface area (Å²) in [6.07, 6.45) is 3.08. The Morgan fingerprint density at radius 3 is 2.70 bits per heavy atom. The van der Waals surface area contributed by atoms with E-state index < -0.39 is 6.09 Å². The van der Waals surface area contributed by atoms with Crippen LogP contribution in [0.5, 0.6) is 0 Å². The number of nitrogens with one attached hydrogen (secondary N) is 1. The lowest BCUT2D eigenvalue weighted by Crippen LogP contribution is -2.52. The number of carboxylic acid groups (broad SMARTS) is 1. The third-order valence-corrected chi connectivity index (χ3v) is 5.35. The normalized spacial score (nSPS) is 22.4. The summed E-state index contributed by atoms with van der Waals surface area (Å²) in [7, 11) is 0. The van der Waals surface area contributed by atoms with E-state index in [0.29, 0.717) is 37.4 Å². The van der Waals surface area contributed by atoms with Crippen LogP contribution in [0.15, 0.2) is 40.9 Å². The van der Waals surface area contributed by atoms with Crippen molar-refractivity contribution in [1.82, 2.24) is 15.4 Å². The minimum Gasteiger partial charge on any atom is -0.465 e. The minimum absolute atomic E-state index is 0.0807. The van der Waals surface area contributed by atoms with E-state index in [1.54, 1.807) is 6.07 Å². The van der Waals surface area contributed by atoms with Gasteiger partial charge in [-0.25, -0.2) is 4.79 Å². The first-order valence-electron chi connectivity index (χ1n) is 9.41. The van der Waals surface area contributed by atoms with Gasteiger partial charge < -0.3 is 19.8 Å². The number of benzene rings is 1. The Bertz CT molecular complexity index is 816. The summed E-state index contributed by atoms with van der Waals surface area (Å²) in [5.74, 6) is 0.939. The average Bonchev–Trinajstić information content (AvgIpc) is 3.39. The summed E-state index contributed by atoms with van der Waals surface area (Å²) >= 11 is 0. The number of aromatic nitrogens is 1. The van der Waals surface area contributed by atoms with Crippen molar-refractivity contribution in [3.05, 3.63) is 53.4 Å². The van der Waals surface area contributed by atoms with E-state index in [9.17, 15) is 14.7 Å². The van der Waals surface area contributed by atoms with Gasteiger partial charge in [-0.1, -0.05) is 35.5 Å². The van der Waals surface area contributed by atoms with E-state index in [1.807, 2.05) is 30.3 Å². The van der Waals surface area contributed by atoms with Gasteiger partial charge in [0, 0.05) is 30.6 Å². The quantitative estimate of drug-likeness (QED) is 0.845. The SMILES string of the molecule is O=C(N[C@@H]1CCN(C(=O)O)[C@@H](Cc2ccccc2)C1)c1cc(C2CC2)on1. The molecule has 2 heterocycles. The van der Waals surface area contributed by atoms with Crippen molar-refractivity contribution in [2.24, 2.45) is 0 Å². The van der Waals surface area contributed by atoms with E-state index in [2.05, 4.69) is 10.5 Å². The van der Waals surface area contributed by atoms with Crippen LogP contribution in [0.1, 0.15) is 53.4 Å². The highest BCUT2D eigenvalue weighted by Gasteiger charge is 2.33. The lowest BCUT2D eigenvalue weighted by Gasteiger charge is -2.38. The first-order valence-corrected chi connectivity index (χ1v) is 9.41. The average molecular weight is 369 g/mol. The summed E-state index contributed by atoms with van der Waals surface area (Å²) < 4.78 is 5.25. The molecule has 2 N–H and O–H groups in total. The summed E-state index contributed by atoms with van der Waals surface area (Å²) in [6.45, 7) is 0.407. The fraction of sp³-hybridized carbons (Fsp3) is 0.450. The lowest BCUT2D eigenvalue weighted by molar-refractivity contribution is 0.0825. The van der Waals surface area contributed by atoms with E-state index in [-0.39, 0.29) is 18.0 Å². The van der Waals surface area contributed by atoms with E-state index in [1.165, 1.54) is 4.90 Å². The zero-order chi connectivity index (χ0) is 18.8. The number of piperidine rings is 1. The van der Waals surface area contributed by atoms with Gasteiger partial charge in [0.05, 0.1) is 0 Å². The molecule has 142 valence electrons. The summed E-state index contributed by atoms with van der Waals surface area (Å²) in [5.41, 5.74) is 1.39. The maximum Gasteiger partial charge on any atom is 0.407 e. The van der Waals surface area contributed by atoms with Crippen LogP contribution >= 0.6 is 0 Å². The minimum atomic E-state index is -0.911. The standard InChI is InChI=1S/C20H23N3O4/c24-19(17-12-18(27-22-17)14-6-7-14)21-15-8-9-23(20(25)26)16(11-15)10-13-4-2-1-3-5-13/h1-5,12,14-16H,6-11H2,(H,21,24)(H,25,26)/t15-,16+/m1/s1. The van der Waals surface area contributed by atoms with Gasteiger partial charge in [0.25, 0.3) is 5.91 Å². The summed E-state index contributed by atoms with van der Waals surface area (Å²) in [6, 6.07) is 11.3. The van der Waals surface area contributed by atoms with Crippen molar-refractivity contribution in [3.63, 3.8) is 0 Å². The molecule has 0 spiro atoms. The van der Waals surface area contributed by atoms with Crippen molar-refractivity contribution >= 4 is 12.0 Å². The largest absolute Gasteiger partial charge is 0.465 e.